The van der Waals surface area contributed by atoms with Crippen LogP contribution in [0.1, 0.15) is 105 Å². The lowest BCUT2D eigenvalue weighted by Gasteiger charge is -2.16. The van der Waals surface area contributed by atoms with Gasteiger partial charge < -0.3 is 9.47 Å². The summed E-state index contributed by atoms with van der Waals surface area (Å²) in [6.45, 7) is 9.11. The fraction of sp³-hybridized carbons (Fsp3) is 0.909. The highest BCUT2D eigenvalue weighted by molar-refractivity contribution is 5.63. The second-order valence-corrected chi connectivity index (χ2v) is 7.59. The van der Waals surface area contributed by atoms with Gasteiger partial charge >= 0.3 is 12.3 Å². The first-order chi connectivity index (χ1) is 13.6. The van der Waals surface area contributed by atoms with E-state index in [4.69, 9.17) is 9.47 Å². The van der Waals surface area contributed by atoms with Gasteiger partial charge in [-0.05, 0) is 37.5 Å². The van der Waals surface area contributed by atoms with E-state index in [0.29, 0.717) is 11.8 Å². The van der Waals surface area contributed by atoms with Gasteiger partial charge in [0.15, 0.2) is 0 Å². The van der Waals surface area contributed by atoms with Crippen LogP contribution in [0.15, 0.2) is 0 Å². The summed E-state index contributed by atoms with van der Waals surface area (Å²) in [7, 11) is 0. The van der Waals surface area contributed by atoms with Crippen molar-refractivity contribution in [1.82, 2.24) is 0 Å². The second-order valence-electron chi connectivity index (χ2n) is 7.59. The lowest BCUT2D eigenvalue weighted by molar-refractivity contribution is -0.219. The Labute approximate surface area is 171 Å². The zero-order chi connectivity index (χ0) is 21.0. The van der Waals surface area contributed by atoms with Gasteiger partial charge in [-0.25, -0.2) is 0 Å². The first kappa shape index (κ1) is 26.5. The molecule has 0 radical (unpaired) electrons. The summed E-state index contributed by atoms with van der Waals surface area (Å²) < 4.78 is 10.1. The largest absolute Gasteiger partial charge is 0.550 e. The highest BCUT2D eigenvalue weighted by Crippen LogP contribution is 2.17. The van der Waals surface area contributed by atoms with Crippen LogP contribution >= 0.6 is 0 Å². The minimum Gasteiger partial charge on any atom is -0.431 e. The molecule has 0 bridgehead atoms. The van der Waals surface area contributed by atoms with Gasteiger partial charge in [0.05, 0.1) is 13.2 Å². The number of carbonyl (C=O) groups is 2. The van der Waals surface area contributed by atoms with Crippen molar-refractivity contribution in [2.24, 2.45) is 11.8 Å². The van der Waals surface area contributed by atoms with Crippen molar-refractivity contribution >= 4 is 12.3 Å². The predicted molar refractivity (Wildman–Crippen MR) is 110 cm³/mol. The van der Waals surface area contributed by atoms with Crippen LogP contribution in [0.25, 0.3) is 0 Å². The van der Waals surface area contributed by atoms with E-state index in [1.54, 1.807) is 0 Å². The fourth-order valence-corrected chi connectivity index (χ4v) is 3.29. The van der Waals surface area contributed by atoms with Crippen LogP contribution in [0.2, 0.25) is 0 Å². The molecule has 0 aromatic rings. The Balaban J connectivity index is 4.02. The van der Waals surface area contributed by atoms with E-state index in [9.17, 15) is 9.59 Å². The van der Waals surface area contributed by atoms with Gasteiger partial charge in [-0.2, -0.15) is 19.4 Å². The number of unbranched alkanes of at least 4 members (excludes halogenated alkanes) is 4. The Morgan fingerprint density at radius 1 is 0.571 bits per heavy atom. The fourth-order valence-electron chi connectivity index (χ4n) is 3.29. The third-order valence-corrected chi connectivity index (χ3v) is 4.88. The molecular weight excluding hydrogens is 360 g/mol. The molecule has 0 saturated carbocycles. The van der Waals surface area contributed by atoms with E-state index in [1.807, 2.05) is 0 Å². The van der Waals surface area contributed by atoms with Crippen molar-refractivity contribution in [1.29, 1.82) is 0 Å². The molecule has 2 atom stereocenters. The van der Waals surface area contributed by atoms with E-state index in [1.165, 1.54) is 12.8 Å². The van der Waals surface area contributed by atoms with E-state index in [0.717, 1.165) is 64.2 Å². The van der Waals surface area contributed by atoms with Crippen LogP contribution in [-0.4, -0.2) is 25.5 Å². The van der Waals surface area contributed by atoms with Gasteiger partial charge in [0, 0.05) is 0 Å². The van der Waals surface area contributed by atoms with E-state index in [2.05, 4.69) is 37.5 Å². The van der Waals surface area contributed by atoms with Crippen LogP contribution in [0, 0.1) is 11.8 Å². The average molecular weight is 403 g/mol. The third-order valence-electron chi connectivity index (χ3n) is 4.88. The van der Waals surface area contributed by atoms with Gasteiger partial charge in [0.1, 0.15) is 0 Å². The molecular formula is C22H42O6. The molecule has 0 aromatic carbocycles. The minimum absolute atomic E-state index is 0.283. The molecule has 166 valence electrons. The molecule has 6 heteroatoms. The maximum Gasteiger partial charge on any atom is 0.550 e. The van der Waals surface area contributed by atoms with E-state index in [-0.39, 0.29) is 13.2 Å². The quantitative estimate of drug-likeness (QED) is 0.118. The number of hydrogen-bond donors (Lipinski definition) is 0. The van der Waals surface area contributed by atoms with Gasteiger partial charge in [0.2, 0.25) is 0 Å². The van der Waals surface area contributed by atoms with Crippen molar-refractivity contribution in [3.05, 3.63) is 0 Å². The SMILES string of the molecule is CCCCCC(CCC)COC(=O)OOC(=O)OCC(CCC)CCCCC. The molecule has 0 heterocycles. The average Bonchev–Trinajstić information content (AvgIpc) is 2.68. The summed E-state index contributed by atoms with van der Waals surface area (Å²) in [5.41, 5.74) is 0. The molecule has 0 N–H and O–H groups in total. The topological polar surface area (TPSA) is 71.1 Å². The molecule has 28 heavy (non-hydrogen) atoms. The van der Waals surface area contributed by atoms with Crippen molar-refractivity contribution in [3.8, 4) is 0 Å². The number of rotatable bonds is 16. The summed E-state index contributed by atoms with van der Waals surface area (Å²) in [5.74, 6) is 0.628. The van der Waals surface area contributed by atoms with Gasteiger partial charge in [-0.15, -0.1) is 0 Å². The summed E-state index contributed by atoms with van der Waals surface area (Å²) >= 11 is 0. The lowest BCUT2D eigenvalue weighted by Crippen LogP contribution is -2.19. The Hall–Kier alpha value is -1.46. The van der Waals surface area contributed by atoms with Crippen molar-refractivity contribution in [3.63, 3.8) is 0 Å². The Morgan fingerprint density at radius 2 is 0.964 bits per heavy atom. The molecule has 2 unspecified atom stereocenters. The predicted octanol–water partition coefficient (Wildman–Crippen LogP) is 7.20. The van der Waals surface area contributed by atoms with E-state index >= 15 is 0 Å². The molecule has 0 spiro atoms. The van der Waals surface area contributed by atoms with Crippen LogP contribution < -0.4 is 0 Å². The van der Waals surface area contributed by atoms with Gasteiger partial charge in [-0.1, -0.05) is 79.1 Å². The highest BCUT2D eigenvalue weighted by atomic mass is 17.3. The molecule has 0 saturated heterocycles. The lowest BCUT2D eigenvalue weighted by atomic mass is 9.97. The molecule has 6 nitrogen and oxygen atoms in total. The van der Waals surface area contributed by atoms with Crippen LogP contribution in [0.4, 0.5) is 9.59 Å². The monoisotopic (exact) mass is 402 g/mol. The molecule has 0 aromatic heterocycles. The Kier molecular flexibility index (Phi) is 17.9. The normalized spacial score (nSPS) is 12.9. The minimum atomic E-state index is -0.999. The number of carbonyl (C=O) groups excluding carboxylic acids is 2. The van der Waals surface area contributed by atoms with Crippen LogP contribution in [-0.2, 0) is 19.2 Å². The van der Waals surface area contributed by atoms with Crippen LogP contribution in [0.5, 0.6) is 0 Å². The smallest absolute Gasteiger partial charge is 0.431 e. The maximum absolute atomic E-state index is 11.6. The molecule has 0 amide bonds. The number of ether oxygens (including phenoxy) is 2. The Morgan fingerprint density at radius 3 is 1.29 bits per heavy atom. The first-order valence-corrected chi connectivity index (χ1v) is 11.2. The number of hydrogen-bond acceptors (Lipinski definition) is 6. The summed E-state index contributed by atoms with van der Waals surface area (Å²) in [6.07, 6.45) is 11.0. The summed E-state index contributed by atoms with van der Waals surface area (Å²) in [5, 5.41) is 0. The zero-order valence-corrected chi connectivity index (χ0v) is 18.5. The third kappa shape index (κ3) is 15.6. The van der Waals surface area contributed by atoms with Crippen LogP contribution in [0.3, 0.4) is 0 Å². The molecule has 0 aliphatic rings. The van der Waals surface area contributed by atoms with E-state index < -0.39 is 12.3 Å². The molecule has 0 aliphatic heterocycles. The standard InChI is InChI=1S/C22H42O6/c1-5-9-11-15-19(13-7-3)17-25-21(23)27-28-22(24)26-18-20(14-8-4)16-12-10-6-2/h19-20H,5-18H2,1-4H3. The zero-order valence-electron chi connectivity index (χ0n) is 18.5. The molecule has 0 aliphatic carbocycles. The summed E-state index contributed by atoms with van der Waals surface area (Å²) in [6, 6.07) is 0. The molecule has 0 fully saturated rings. The molecule has 0 rings (SSSR count). The maximum atomic E-state index is 11.6. The van der Waals surface area contributed by atoms with Crippen molar-refractivity contribution in [2.75, 3.05) is 13.2 Å². The second kappa shape index (κ2) is 18.9. The first-order valence-electron chi connectivity index (χ1n) is 11.2. The Bertz CT molecular complexity index is 349. The highest BCUT2D eigenvalue weighted by Gasteiger charge is 2.17. The summed E-state index contributed by atoms with van der Waals surface area (Å²) in [4.78, 5) is 32.1. The van der Waals surface area contributed by atoms with Gasteiger partial charge in [0.25, 0.3) is 0 Å². The van der Waals surface area contributed by atoms with Crippen molar-refractivity contribution < 1.29 is 28.8 Å². The van der Waals surface area contributed by atoms with Gasteiger partial charge in [-0.3, -0.25) is 0 Å². The van der Waals surface area contributed by atoms with Crippen molar-refractivity contribution in [2.45, 2.75) is 105 Å².